The minimum atomic E-state index is 0. The summed E-state index contributed by atoms with van der Waals surface area (Å²) in [5.74, 6) is 0.212. The van der Waals surface area contributed by atoms with E-state index in [1.165, 1.54) is 6.42 Å². The Kier molecular flexibility index (Phi) is 6.80. The highest BCUT2D eigenvalue weighted by Gasteiger charge is 2.25. The van der Waals surface area contributed by atoms with Crippen LogP contribution in [0.2, 0.25) is 0 Å². The predicted octanol–water partition coefficient (Wildman–Crippen LogP) is 0.820. The molecule has 1 aromatic heterocycles. The lowest BCUT2D eigenvalue weighted by molar-refractivity contribution is -0.135. The SMILES string of the molecule is Cl.NCCC1CCCCN1C(=O)CCn1ccnn1. The van der Waals surface area contributed by atoms with Gasteiger partial charge in [0.05, 0.1) is 12.7 Å². The minimum Gasteiger partial charge on any atom is -0.340 e. The first kappa shape index (κ1) is 15.9. The van der Waals surface area contributed by atoms with E-state index >= 15 is 0 Å². The van der Waals surface area contributed by atoms with Crippen molar-refractivity contribution in [2.24, 2.45) is 5.73 Å². The van der Waals surface area contributed by atoms with Crippen LogP contribution in [0.4, 0.5) is 0 Å². The molecule has 0 saturated carbocycles. The van der Waals surface area contributed by atoms with E-state index in [4.69, 9.17) is 5.73 Å². The molecule has 1 aromatic rings. The Morgan fingerprint density at radius 3 is 2.95 bits per heavy atom. The highest BCUT2D eigenvalue weighted by Crippen LogP contribution is 2.20. The van der Waals surface area contributed by atoms with Gasteiger partial charge in [0.1, 0.15) is 0 Å². The average Bonchev–Trinajstić information content (AvgIpc) is 2.90. The van der Waals surface area contributed by atoms with E-state index in [9.17, 15) is 4.79 Å². The normalized spacial score (nSPS) is 19.0. The van der Waals surface area contributed by atoms with Gasteiger partial charge in [-0.1, -0.05) is 5.21 Å². The van der Waals surface area contributed by atoms with Gasteiger partial charge in [-0.15, -0.1) is 17.5 Å². The standard InChI is InChI=1S/C12H21N5O.ClH/c13-6-4-11-3-1-2-8-17(11)12(18)5-9-16-10-7-14-15-16;/h7,10-11H,1-6,8-9,13H2;1H. The van der Waals surface area contributed by atoms with Crippen molar-refractivity contribution in [1.29, 1.82) is 0 Å². The fourth-order valence-electron chi connectivity index (χ4n) is 2.53. The topological polar surface area (TPSA) is 77.0 Å². The number of piperidine rings is 1. The van der Waals surface area contributed by atoms with Gasteiger partial charge in [0.25, 0.3) is 0 Å². The zero-order valence-electron chi connectivity index (χ0n) is 11.1. The number of aryl methyl sites for hydroxylation is 1. The van der Waals surface area contributed by atoms with Gasteiger partial charge in [-0.2, -0.15) is 0 Å². The summed E-state index contributed by atoms with van der Waals surface area (Å²) in [5.41, 5.74) is 5.61. The van der Waals surface area contributed by atoms with Crippen molar-refractivity contribution in [2.75, 3.05) is 13.1 Å². The second-order valence-electron chi connectivity index (χ2n) is 4.73. The van der Waals surface area contributed by atoms with Gasteiger partial charge in [0.2, 0.25) is 5.91 Å². The van der Waals surface area contributed by atoms with Crippen molar-refractivity contribution in [3.05, 3.63) is 12.4 Å². The van der Waals surface area contributed by atoms with Crippen LogP contribution in [0.3, 0.4) is 0 Å². The van der Waals surface area contributed by atoms with Crippen LogP contribution < -0.4 is 5.73 Å². The molecule has 0 bridgehead atoms. The monoisotopic (exact) mass is 287 g/mol. The Morgan fingerprint density at radius 2 is 2.26 bits per heavy atom. The number of halogens is 1. The van der Waals surface area contributed by atoms with Gasteiger partial charge in [0, 0.05) is 25.2 Å². The van der Waals surface area contributed by atoms with Gasteiger partial charge in [-0.25, -0.2) is 0 Å². The van der Waals surface area contributed by atoms with Crippen LogP contribution in [-0.2, 0) is 11.3 Å². The minimum absolute atomic E-state index is 0. The van der Waals surface area contributed by atoms with E-state index < -0.39 is 0 Å². The Labute approximate surface area is 119 Å². The van der Waals surface area contributed by atoms with Crippen LogP contribution in [0.1, 0.15) is 32.1 Å². The van der Waals surface area contributed by atoms with E-state index in [2.05, 4.69) is 10.3 Å². The first-order valence-corrected chi connectivity index (χ1v) is 6.65. The third kappa shape index (κ3) is 4.47. The summed E-state index contributed by atoms with van der Waals surface area (Å²) in [6, 6.07) is 0.340. The molecule has 0 spiro atoms. The predicted molar refractivity (Wildman–Crippen MR) is 74.9 cm³/mol. The smallest absolute Gasteiger partial charge is 0.224 e. The zero-order valence-corrected chi connectivity index (χ0v) is 11.9. The van der Waals surface area contributed by atoms with Crippen LogP contribution in [0, 0.1) is 0 Å². The van der Waals surface area contributed by atoms with Gasteiger partial charge in [-0.3, -0.25) is 9.48 Å². The van der Waals surface area contributed by atoms with Crippen molar-refractivity contribution >= 4 is 18.3 Å². The van der Waals surface area contributed by atoms with Gasteiger partial charge < -0.3 is 10.6 Å². The molecule has 7 heteroatoms. The molecule has 1 aliphatic rings. The van der Waals surface area contributed by atoms with Crippen molar-refractivity contribution in [3.63, 3.8) is 0 Å². The Balaban J connectivity index is 0.00000180. The number of aromatic nitrogens is 3. The molecule has 1 saturated heterocycles. The van der Waals surface area contributed by atoms with Crippen LogP contribution in [-0.4, -0.2) is 44.9 Å². The lowest BCUT2D eigenvalue weighted by atomic mass is 9.99. The molecule has 2 rings (SSSR count). The van der Waals surface area contributed by atoms with Gasteiger partial charge >= 0.3 is 0 Å². The van der Waals surface area contributed by atoms with Gasteiger partial charge in [-0.05, 0) is 32.2 Å². The summed E-state index contributed by atoms with van der Waals surface area (Å²) in [5, 5.41) is 7.59. The summed E-state index contributed by atoms with van der Waals surface area (Å²) in [7, 11) is 0. The number of likely N-dealkylation sites (tertiary alicyclic amines) is 1. The van der Waals surface area contributed by atoms with E-state index in [1.54, 1.807) is 17.1 Å². The quantitative estimate of drug-likeness (QED) is 0.870. The molecule has 1 fully saturated rings. The molecular weight excluding hydrogens is 266 g/mol. The van der Waals surface area contributed by atoms with Crippen molar-refractivity contribution in [2.45, 2.75) is 44.7 Å². The largest absolute Gasteiger partial charge is 0.340 e. The summed E-state index contributed by atoms with van der Waals surface area (Å²) < 4.78 is 1.69. The Bertz CT molecular complexity index is 368. The third-order valence-corrected chi connectivity index (χ3v) is 3.47. The second-order valence-corrected chi connectivity index (χ2v) is 4.73. The maximum atomic E-state index is 12.2. The van der Waals surface area contributed by atoms with E-state index in [1.807, 2.05) is 4.90 Å². The second kappa shape index (κ2) is 8.12. The maximum absolute atomic E-state index is 12.2. The molecule has 19 heavy (non-hydrogen) atoms. The van der Waals surface area contributed by atoms with Crippen LogP contribution in [0.5, 0.6) is 0 Å². The molecule has 0 aromatic carbocycles. The molecule has 0 radical (unpaired) electrons. The van der Waals surface area contributed by atoms with Crippen molar-refractivity contribution < 1.29 is 4.79 Å². The maximum Gasteiger partial charge on any atom is 0.224 e. The van der Waals surface area contributed by atoms with E-state index in [0.717, 1.165) is 25.8 Å². The van der Waals surface area contributed by atoms with Crippen molar-refractivity contribution in [3.8, 4) is 0 Å². The first-order valence-electron chi connectivity index (χ1n) is 6.65. The molecule has 1 amide bonds. The van der Waals surface area contributed by atoms with E-state index in [-0.39, 0.29) is 18.3 Å². The van der Waals surface area contributed by atoms with Crippen LogP contribution in [0.15, 0.2) is 12.4 Å². The molecule has 1 unspecified atom stereocenters. The number of hydrogen-bond donors (Lipinski definition) is 1. The fraction of sp³-hybridized carbons (Fsp3) is 0.750. The molecule has 2 N–H and O–H groups in total. The molecule has 1 aliphatic heterocycles. The molecule has 2 heterocycles. The number of amides is 1. The van der Waals surface area contributed by atoms with E-state index in [0.29, 0.717) is 25.6 Å². The number of rotatable bonds is 5. The van der Waals surface area contributed by atoms with Crippen LogP contribution >= 0.6 is 12.4 Å². The number of carbonyl (C=O) groups excluding carboxylic acids is 1. The summed E-state index contributed by atoms with van der Waals surface area (Å²) in [6.45, 7) is 2.13. The number of nitrogens with zero attached hydrogens (tertiary/aromatic N) is 4. The highest BCUT2D eigenvalue weighted by molar-refractivity contribution is 5.85. The number of hydrogen-bond acceptors (Lipinski definition) is 4. The summed E-state index contributed by atoms with van der Waals surface area (Å²) >= 11 is 0. The van der Waals surface area contributed by atoms with Crippen LogP contribution in [0.25, 0.3) is 0 Å². The van der Waals surface area contributed by atoms with Crippen molar-refractivity contribution in [1.82, 2.24) is 19.9 Å². The lowest BCUT2D eigenvalue weighted by Crippen LogP contribution is -2.44. The summed E-state index contributed by atoms with van der Waals surface area (Å²) in [4.78, 5) is 14.2. The molecule has 1 atom stereocenters. The zero-order chi connectivity index (χ0) is 12.8. The molecule has 108 valence electrons. The Morgan fingerprint density at radius 1 is 1.42 bits per heavy atom. The molecule has 0 aliphatic carbocycles. The average molecular weight is 288 g/mol. The number of nitrogens with two attached hydrogens (primary N) is 1. The highest BCUT2D eigenvalue weighted by atomic mass is 35.5. The van der Waals surface area contributed by atoms with Gasteiger partial charge in [0.15, 0.2) is 0 Å². The third-order valence-electron chi connectivity index (χ3n) is 3.47. The fourth-order valence-corrected chi connectivity index (χ4v) is 2.53. The summed E-state index contributed by atoms with van der Waals surface area (Å²) in [6.07, 6.45) is 8.21. The lowest BCUT2D eigenvalue weighted by Gasteiger charge is -2.35. The number of carbonyl (C=O) groups is 1. The first-order chi connectivity index (χ1) is 8.81. The molecular formula is C12H22ClN5O. The molecule has 6 nitrogen and oxygen atoms in total. The Hall–Kier alpha value is -1.14.